The summed E-state index contributed by atoms with van der Waals surface area (Å²) in [5, 5.41) is 3.15. The summed E-state index contributed by atoms with van der Waals surface area (Å²) in [5.41, 5.74) is 2.86. The number of rotatable bonds is 5. The topological polar surface area (TPSA) is 63.6 Å². The van der Waals surface area contributed by atoms with Gasteiger partial charge in [0, 0.05) is 18.6 Å². The van der Waals surface area contributed by atoms with Gasteiger partial charge in [-0.1, -0.05) is 37.3 Å². The van der Waals surface area contributed by atoms with E-state index in [2.05, 4.69) is 26.1 Å². The van der Waals surface area contributed by atoms with Crippen LogP contribution in [-0.2, 0) is 17.9 Å². The molecule has 1 fully saturated rings. The van der Waals surface area contributed by atoms with Crippen molar-refractivity contribution in [2.24, 2.45) is 0 Å². The monoisotopic (exact) mass is 409 g/mol. The molecule has 4 rings (SSSR count). The summed E-state index contributed by atoms with van der Waals surface area (Å²) in [6.07, 6.45) is 2.80. The van der Waals surface area contributed by atoms with Gasteiger partial charge in [-0.3, -0.25) is 9.59 Å². The highest BCUT2D eigenvalue weighted by atomic mass is 16.5. The summed E-state index contributed by atoms with van der Waals surface area (Å²) in [7, 11) is 0. The van der Waals surface area contributed by atoms with Crippen molar-refractivity contribution in [3.63, 3.8) is 0 Å². The number of benzene rings is 1. The molecule has 1 saturated heterocycles. The zero-order chi connectivity index (χ0) is 21.3. The molecule has 1 atom stereocenters. The zero-order valence-electron chi connectivity index (χ0n) is 18.1. The Kier molecular flexibility index (Phi) is 5.69. The van der Waals surface area contributed by atoms with E-state index in [1.165, 1.54) is 0 Å². The van der Waals surface area contributed by atoms with Gasteiger partial charge in [0.1, 0.15) is 5.69 Å². The normalized spacial score (nSPS) is 18.7. The number of hydrogen-bond donors (Lipinski definition) is 1. The molecule has 1 aromatic heterocycles. The highest BCUT2D eigenvalue weighted by Crippen LogP contribution is 2.31. The van der Waals surface area contributed by atoms with Crippen LogP contribution < -0.4 is 5.32 Å². The minimum Gasteiger partial charge on any atom is -0.373 e. The first-order valence-corrected chi connectivity index (χ1v) is 10.9. The van der Waals surface area contributed by atoms with E-state index in [-0.39, 0.29) is 23.4 Å². The van der Waals surface area contributed by atoms with Crippen LogP contribution in [0, 0.1) is 0 Å². The molecule has 1 N–H and O–H groups in total. The van der Waals surface area contributed by atoms with Gasteiger partial charge < -0.3 is 19.5 Å². The summed E-state index contributed by atoms with van der Waals surface area (Å²) in [4.78, 5) is 28.6. The Bertz CT molecular complexity index is 933. The Morgan fingerprint density at radius 1 is 1.20 bits per heavy atom. The summed E-state index contributed by atoms with van der Waals surface area (Å²) in [6, 6.07) is 11.7. The van der Waals surface area contributed by atoms with Crippen LogP contribution in [0.1, 0.15) is 78.2 Å². The van der Waals surface area contributed by atoms with E-state index in [1.807, 2.05) is 39.8 Å². The van der Waals surface area contributed by atoms with Crippen LogP contribution in [-0.4, -0.2) is 40.0 Å². The smallest absolute Gasteiger partial charge is 0.270 e. The van der Waals surface area contributed by atoms with Crippen molar-refractivity contribution in [3.05, 3.63) is 58.9 Å². The number of hydrogen-bond acceptors (Lipinski definition) is 3. The van der Waals surface area contributed by atoms with E-state index in [0.717, 1.165) is 37.1 Å². The van der Waals surface area contributed by atoms with Crippen LogP contribution in [0.2, 0.25) is 0 Å². The average Bonchev–Trinajstić information content (AvgIpc) is 3.32. The van der Waals surface area contributed by atoms with Gasteiger partial charge in [-0.2, -0.15) is 0 Å². The lowest BCUT2D eigenvalue weighted by Crippen LogP contribution is -2.43. The Hall–Kier alpha value is -2.60. The molecule has 0 saturated carbocycles. The number of aromatic nitrogens is 1. The van der Waals surface area contributed by atoms with Crippen LogP contribution in [0.5, 0.6) is 0 Å². The molecule has 160 valence electrons. The first-order chi connectivity index (χ1) is 14.4. The third-order valence-electron chi connectivity index (χ3n) is 6.43. The molecule has 2 aromatic rings. The van der Waals surface area contributed by atoms with Gasteiger partial charge in [0.2, 0.25) is 0 Å². The molecule has 1 aromatic carbocycles. The average molecular weight is 410 g/mol. The van der Waals surface area contributed by atoms with E-state index < -0.39 is 0 Å². The van der Waals surface area contributed by atoms with Crippen molar-refractivity contribution in [2.45, 2.75) is 64.8 Å². The van der Waals surface area contributed by atoms with Crippen molar-refractivity contribution in [3.8, 4) is 0 Å². The van der Waals surface area contributed by atoms with E-state index in [4.69, 9.17) is 4.74 Å². The van der Waals surface area contributed by atoms with Gasteiger partial charge in [0.15, 0.2) is 0 Å². The van der Waals surface area contributed by atoms with Crippen molar-refractivity contribution in [1.82, 2.24) is 14.8 Å². The number of amides is 2. The lowest BCUT2D eigenvalue weighted by molar-refractivity contribution is 0.0607. The molecular formula is C24H31N3O3. The number of fused-ring (bicyclic) bond motifs is 1. The number of carbonyl (C=O) groups is 2. The number of ether oxygens (including phenoxy) is 1. The lowest BCUT2D eigenvalue weighted by atomic mass is 10.0. The molecule has 0 radical (unpaired) electrons. The first-order valence-electron chi connectivity index (χ1n) is 10.9. The van der Waals surface area contributed by atoms with Gasteiger partial charge >= 0.3 is 0 Å². The largest absolute Gasteiger partial charge is 0.373 e. The standard InChI is InChI=1S/C24H31N3O3/c1-4-19(17-9-6-5-7-10-17)25-22(28)18-15-20(26-13-14-30-16-21(18)26)23(29)27-12-8-11-24(27,2)3/h5-7,9-10,15,19H,4,8,11-14,16H2,1-3H3,(H,25,28)/t19-/m1/s1. The third kappa shape index (κ3) is 3.76. The third-order valence-corrected chi connectivity index (χ3v) is 6.43. The lowest BCUT2D eigenvalue weighted by Gasteiger charge is -2.32. The number of carbonyl (C=O) groups excluding carboxylic acids is 2. The minimum atomic E-state index is -0.157. The Balaban J connectivity index is 1.64. The predicted octanol–water partition coefficient (Wildman–Crippen LogP) is 3.91. The van der Waals surface area contributed by atoms with Crippen LogP contribution in [0.4, 0.5) is 0 Å². The molecule has 30 heavy (non-hydrogen) atoms. The molecule has 2 amide bonds. The van der Waals surface area contributed by atoms with E-state index >= 15 is 0 Å². The molecule has 6 heteroatoms. The van der Waals surface area contributed by atoms with Crippen molar-refractivity contribution in [2.75, 3.05) is 13.2 Å². The molecule has 0 unspecified atom stereocenters. The molecule has 0 aliphatic carbocycles. The SMILES string of the molecule is CC[C@@H](NC(=O)c1cc(C(=O)N2CCCC2(C)C)n2c1COCC2)c1ccccc1. The number of likely N-dealkylation sites (tertiary alicyclic amines) is 1. The fraction of sp³-hybridized carbons (Fsp3) is 0.500. The summed E-state index contributed by atoms with van der Waals surface area (Å²) >= 11 is 0. The predicted molar refractivity (Wildman–Crippen MR) is 115 cm³/mol. The molecule has 3 heterocycles. The number of nitrogens with one attached hydrogen (secondary N) is 1. The second-order valence-electron chi connectivity index (χ2n) is 8.81. The van der Waals surface area contributed by atoms with Gasteiger partial charge in [0.25, 0.3) is 11.8 Å². The summed E-state index contributed by atoms with van der Waals surface area (Å²) < 4.78 is 7.62. The highest BCUT2D eigenvalue weighted by molar-refractivity contribution is 6.01. The molecule has 0 spiro atoms. The van der Waals surface area contributed by atoms with E-state index in [1.54, 1.807) is 6.07 Å². The molecular weight excluding hydrogens is 378 g/mol. The first kappa shape index (κ1) is 20.7. The second-order valence-corrected chi connectivity index (χ2v) is 8.81. The fourth-order valence-electron chi connectivity index (χ4n) is 4.66. The highest BCUT2D eigenvalue weighted by Gasteiger charge is 2.38. The van der Waals surface area contributed by atoms with Crippen LogP contribution in [0.25, 0.3) is 0 Å². The van der Waals surface area contributed by atoms with E-state index in [0.29, 0.717) is 31.0 Å². The minimum absolute atomic E-state index is 0.00907. The maximum atomic E-state index is 13.4. The summed E-state index contributed by atoms with van der Waals surface area (Å²) in [5.74, 6) is -0.144. The van der Waals surface area contributed by atoms with Crippen LogP contribution >= 0.6 is 0 Å². The molecule has 0 bridgehead atoms. The van der Waals surface area contributed by atoms with Crippen molar-refractivity contribution >= 4 is 11.8 Å². The summed E-state index contributed by atoms with van der Waals surface area (Å²) in [6.45, 7) is 8.53. The Morgan fingerprint density at radius 2 is 1.97 bits per heavy atom. The van der Waals surface area contributed by atoms with Gasteiger partial charge in [-0.15, -0.1) is 0 Å². The quantitative estimate of drug-likeness (QED) is 0.814. The molecule has 6 nitrogen and oxygen atoms in total. The van der Waals surface area contributed by atoms with Crippen molar-refractivity contribution in [1.29, 1.82) is 0 Å². The zero-order valence-corrected chi connectivity index (χ0v) is 18.1. The molecule has 2 aliphatic heterocycles. The van der Waals surface area contributed by atoms with Gasteiger partial charge in [-0.25, -0.2) is 0 Å². The van der Waals surface area contributed by atoms with Crippen molar-refractivity contribution < 1.29 is 14.3 Å². The van der Waals surface area contributed by atoms with Crippen LogP contribution in [0.15, 0.2) is 36.4 Å². The Morgan fingerprint density at radius 3 is 2.63 bits per heavy atom. The molecule has 2 aliphatic rings. The van der Waals surface area contributed by atoms with Gasteiger partial charge in [0.05, 0.1) is 30.5 Å². The number of nitrogens with zero attached hydrogens (tertiary/aromatic N) is 2. The second kappa shape index (κ2) is 8.26. The van der Waals surface area contributed by atoms with Gasteiger partial charge in [-0.05, 0) is 44.7 Å². The maximum absolute atomic E-state index is 13.4. The van der Waals surface area contributed by atoms with E-state index in [9.17, 15) is 9.59 Å². The Labute approximate surface area is 178 Å². The van der Waals surface area contributed by atoms with Crippen LogP contribution in [0.3, 0.4) is 0 Å². The fourth-order valence-corrected chi connectivity index (χ4v) is 4.66. The maximum Gasteiger partial charge on any atom is 0.270 e.